The Hall–Kier alpha value is -0.880. The lowest BCUT2D eigenvalue weighted by molar-refractivity contribution is -0.696. The Morgan fingerprint density at radius 1 is 1.40 bits per heavy atom. The molecule has 15 heavy (non-hydrogen) atoms. The Balaban J connectivity index is 0.000000336. The van der Waals surface area contributed by atoms with E-state index < -0.39 is 10.1 Å². The number of hydrogen-bond acceptors (Lipinski definition) is 3. The van der Waals surface area contributed by atoms with Crippen molar-refractivity contribution < 1.29 is 17.5 Å². The number of hydrogen-bond donors (Lipinski definition) is 0. The van der Waals surface area contributed by atoms with Crippen molar-refractivity contribution in [3.63, 3.8) is 0 Å². The van der Waals surface area contributed by atoms with Gasteiger partial charge in [0, 0.05) is 6.26 Å². The van der Waals surface area contributed by atoms with Gasteiger partial charge in [0.15, 0.2) is 0 Å². The maximum Gasteiger partial charge on any atom is 0.243 e. The summed E-state index contributed by atoms with van der Waals surface area (Å²) in [6.45, 7) is 6.54. The van der Waals surface area contributed by atoms with Crippen LogP contribution in [-0.4, -0.2) is 23.8 Å². The van der Waals surface area contributed by atoms with E-state index in [1.807, 2.05) is 0 Å². The lowest BCUT2D eigenvalue weighted by Gasteiger charge is -1.90. The molecule has 0 unspecified atom stereocenters. The van der Waals surface area contributed by atoms with E-state index in [0.29, 0.717) is 6.26 Å². The van der Waals surface area contributed by atoms with Crippen LogP contribution in [0.1, 0.15) is 20.3 Å². The number of nitrogens with zero attached hydrogens (tertiary/aromatic N) is 2. The molecule has 0 atom stereocenters. The van der Waals surface area contributed by atoms with Crippen LogP contribution >= 0.6 is 0 Å². The van der Waals surface area contributed by atoms with Crippen LogP contribution in [0.3, 0.4) is 0 Å². The maximum absolute atomic E-state index is 9.08. The van der Waals surface area contributed by atoms with Crippen LogP contribution in [0.25, 0.3) is 0 Å². The van der Waals surface area contributed by atoms with Gasteiger partial charge in [-0.25, -0.2) is 17.6 Å². The standard InChI is InChI=1S/C8H15N2.CH4O3S/c1-3-5-10-7-6-9(4-2)8-10;1-5(2,3)4/h6-8H,3-5H2,1-2H3;1H3,(H,2,3,4)/q+1;/p-1. The van der Waals surface area contributed by atoms with Gasteiger partial charge in [0.2, 0.25) is 6.33 Å². The van der Waals surface area contributed by atoms with E-state index in [1.54, 1.807) is 0 Å². The van der Waals surface area contributed by atoms with Crippen molar-refractivity contribution in [2.45, 2.75) is 33.4 Å². The van der Waals surface area contributed by atoms with Gasteiger partial charge in [0.05, 0.1) is 23.2 Å². The highest BCUT2D eigenvalue weighted by Gasteiger charge is 1.97. The average Bonchev–Trinajstić information content (AvgIpc) is 2.50. The summed E-state index contributed by atoms with van der Waals surface area (Å²) in [7, 11) is -3.92. The molecular formula is C9H18N2O3S. The first-order chi connectivity index (χ1) is 6.86. The lowest BCUT2D eigenvalue weighted by atomic mass is 10.5. The molecule has 88 valence electrons. The molecule has 0 aromatic carbocycles. The molecule has 6 heteroatoms. The van der Waals surface area contributed by atoms with Crippen molar-refractivity contribution in [2.75, 3.05) is 6.26 Å². The van der Waals surface area contributed by atoms with E-state index in [0.717, 1.165) is 13.1 Å². The number of aromatic nitrogens is 2. The highest BCUT2D eigenvalue weighted by Crippen LogP contribution is 1.83. The molecule has 0 saturated carbocycles. The fourth-order valence-electron chi connectivity index (χ4n) is 1.02. The first kappa shape index (κ1) is 14.1. The van der Waals surface area contributed by atoms with Crippen molar-refractivity contribution in [3.8, 4) is 0 Å². The highest BCUT2D eigenvalue weighted by atomic mass is 32.2. The Morgan fingerprint density at radius 2 is 1.93 bits per heavy atom. The van der Waals surface area contributed by atoms with Crippen molar-refractivity contribution in [1.29, 1.82) is 0 Å². The zero-order chi connectivity index (χ0) is 11.9. The van der Waals surface area contributed by atoms with Gasteiger partial charge in [-0.05, 0) is 13.3 Å². The summed E-state index contributed by atoms with van der Waals surface area (Å²) in [5, 5.41) is 0. The van der Waals surface area contributed by atoms with Crippen LogP contribution in [0.4, 0.5) is 0 Å². The van der Waals surface area contributed by atoms with Crippen molar-refractivity contribution >= 4 is 10.1 Å². The van der Waals surface area contributed by atoms with E-state index in [9.17, 15) is 0 Å². The Labute approximate surface area is 91.1 Å². The summed E-state index contributed by atoms with van der Waals surface area (Å²) in [4.78, 5) is 0. The molecule has 0 N–H and O–H groups in total. The number of aryl methyl sites for hydroxylation is 2. The van der Waals surface area contributed by atoms with E-state index in [4.69, 9.17) is 13.0 Å². The first-order valence-corrected chi connectivity index (χ1v) is 6.64. The quantitative estimate of drug-likeness (QED) is 0.560. The van der Waals surface area contributed by atoms with Gasteiger partial charge in [-0.3, -0.25) is 0 Å². The molecule has 0 saturated heterocycles. The molecule has 0 fully saturated rings. The van der Waals surface area contributed by atoms with Crippen molar-refractivity contribution in [3.05, 3.63) is 18.7 Å². The largest absolute Gasteiger partial charge is 0.748 e. The molecule has 5 nitrogen and oxygen atoms in total. The smallest absolute Gasteiger partial charge is 0.243 e. The van der Waals surface area contributed by atoms with Gasteiger partial charge in [-0.2, -0.15) is 0 Å². The molecule has 0 aliphatic carbocycles. The van der Waals surface area contributed by atoms with Crippen LogP contribution < -0.4 is 4.57 Å². The topological polar surface area (TPSA) is 66.0 Å². The van der Waals surface area contributed by atoms with Gasteiger partial charge in [0.1, 0.15) is 12.4 Å². The monoisotopic (exact) mass is 234 g/mol. The summed E-state index contributed by atoms with van der Waals surface area (Å²) in [6.07, 6.45) is 8.18. The van der Waals surface area contributed by atoms with Gasteiger partial charge >= 0.3 is 0 Å². The second kappa shape index (κ2) is 6.58. The third kappa shape index (κ3) is 9.42. The maximum atomic E-state index is 9.08. The van der Waals surface area contributed by atoms with Gasteiger partial charge < -0.3 is 4.55 Å². The van der Waals surface area contributed by atoms with E-state index in [1.165, 1.54) is 6.42 Å². The SMILES string of the molecule is CCC[n+]1ccn(CC)c1.CS(=O)(=O)[O-]. The lowest BCUT2D eigenvalue weighted by Crippen LogP contribution is -2.30. The van der Waals surface area contributed by atoms with Gasteiger partial charge in [-0.1, -0.05) is 6.92 Å². The number of imidazole rings is 1. The van der Waals surface area contributed by atoms with Crippen LogP contribution in [0, 0.1) is 0 Å². The third-order valence-electron chi connectivity index (χ3n) is 1.59. The molecular weight excluding hydrogens is 216 g/mol. The zero-order valence-corrected chi connectivity index (χ0v) is 10.2. The summed E-state index contributed by atoms with van der Waals surface area (Å²) in [5.74, 6) is 0. The van der Waals surface area contributed by atoms with E-state index >= 15 is 0 Å². The van der Waals surface area contributed by atoms with Crippen LogP contribution in [0.15, 0.2) is 18.7 Å². The van der Waals surface area contributed by atoms with E-state index in [-0.39, 0.29) is 0 Å². The minimum atomic E-state index is -3.92. The molecule has 0 spiro atoms. The summed E-state index contributed by atoms with van der Waals surface area (Å²) < 4.78 is 31.6. The Kier molecular flexibility index (Phi) is 6.19. The fraction of sp³-hybridized carbons (Fsp3) is 0.667. The van der Waals surface area contributed by atoms with Gasteiger partial charge in [0.25, 0.3) is 0 Å². The predicted molar refractivity (Wildman–Crippen MR) is 56.2 cm³/mol. The minimum Gasteiger partial charge on any atom is -0.748 e. The molecule has 0 bridgehead atoms. The molecule has 1 heterocycles. The third-order valence-corrected chi connectivity index (χ3v) is 1.59. The zero-order valence-electron chi connectivity index (χ0n) is 9.38. The second-order valence-corrected chi connectivity index (χ2v) is 4.59. The number of rotatable bonds is 3. The molecule has 0 amide bonds. The molecule has 0 aliphatic rings. The van der Waals surface area contributed by atoms with E-state index in [2.05, 4.69) is 41.7 Å². The Bertz CT molecular complexity index is 362. The minimum absolute atomic E-state index is 0.604. The predicted octanol–water partition coefficient (Wildman–Crippen LogP) is 0.367. The summed E-state index contributed by atoms with van der Waals surface area (Å²) in [6, 6.07) is 0. The molecule has 1 aromatic rings. The van der Waals surface area contributed by atoms with Gasteiger partial charge in [-0.15, -0.1) is 0 Å². The Morgan fingerprint density at radius 3 is 2.27 bits per heavy atom. The molecule has 0 aliphatic heterocycles. The summed E-state index contributed by atoms with van der Waals surface area (Å²) in [5.41, 5.74) is 0. The van der Waals surface area contributed by atoms with Crippen LogP contribution in [-0.2, 0) is 23.2 Å². The average molecular weight is 234 g/mol. The van der Waals surface area contributed by atoms with Crippen LogP contribution in [0.2, 0.25) is 0 Å². The molecule has 1 aromatic heterocycles. The van der Waals surface area contributed by atoms with Crippen molar-refractivity contribution in [2.24, 2.45) is 0 Å². The normalized spacial score (nSPS) is 10.7. The highest BCUT2D eigenvalue weighted by molar-refractivity contribution is 7.84. The molecule has 1 rings (SSSR count). The summed E-state index contributed by atoms with van der Waals surface area (Å²) >= 11 is 0. The first-order valence-electron chi connectivity index (χ1n) is 4.82. The fourth-order valence-corrected chi connectivity index (χ4v) is 1.02. The van der Waals surface area contributed by atoms with Crippen LogP contribution in [0.5, 0.6) is 0 Å². The molecule has 0 radical (unpaired) electrons. The van der Waals surface area contributed by atoms with Crippen molar-refractivity contribution in [1.82, 2.24) is 4.57 Å². The second-order valence-electron chi connectivity index (χ2n) is 3.19.